The highest BCUT2D eigenvalue weighted by Gasteiger charge is 2.33. The summed E-state index contributed by atoms with van der Waals surface area (Å²) in [6.45, 7) is 2.95. The van der Waals surface area contributed by atoms with Gasteiger partial charge in [-0.15, -0.1) is 0 Å². The van der Waals surface area contributed by atoms with Gasteiger partial charge in [0.1, 0.15) is 0 Å². The van der Waals surface area contributed by atoms with Crippen molar-refractivity contribution in [3.63, 3.8) is 0 Å². The minimum atomic E-state index is -3.72. The van der Waals surface area contributed by atoms with Crippen LogP contribution in [0.5, 0.6) is 0 Å². The molecule has 2 fully saturated rings. The van der Waals surface area contributed by atoms with E-state index in [0.29, 0.717) is 39.3 Å². The highest BCUT2D eigenvalue weighted by molar-refractivity contribution is 7.89. The van der Waals surface area contributed by atoms with Crippen LogP contribution < -0.4 is 0 Å². The molecule has 2 aliphatic rings. The number of benzene rings is 3. The molecule has 7 nitrogen and oxygen atoms in total. The van der Waals surface area contributed by atoms with Crippen LogP contribution in [0.1, 0.15) is 30.0 Å². The molecule has 0 bridgehead atoms. The van der Waals surface area contributed by atoms with E-state index < -0.39 is 20.0 Å². The van der Waals surface area contributed by atoms with Crippen molar-refractivity contribution in [2.75, 3.05) is 39.3 Å². The Labute approximate surface area is 214 Å². The molecule has 0 unspecified atom stereocenters. The first-order valence-electron chi connectivity index (χ1n) is 12.3. The maximum atomic E-state index is 13.4. The van der Waals surface area contributed by atoms with Gasteiger partial charge < -0.3 is 0 Å². The first kappa shape index (κ1) is 25.1. The summed E-state index contributed by atoms with van der Waals surface area (Å²) >= 11 is 0. The lowest BCUT2D eigenvalue weighted by Crippen LogP contribution is -2.49. The molecule has 0 aromatic heterocycles. The predicted octanol–water partition coefficient (Wildman–Crippen LogP) is 3.57. The standard InChI is InChI=1S/C27H31N3O4S2/c31-35(32,29-17-7-8-18-29)25-13-15-26(16-14-25)36(33,34)30-21-19-28(20-22-30)27(23-9-3-1-4-10-23)24-11-5-2-6-12-24/h1-6,9-16,27H,7-8,17-22H2. The van der Waals surface area contributed by atoms with Crippen LogP contribution in [0, 0.1) is 0 Å². The van der Waals surface area contributed by atoms with E-state index in [1.54, 1.807) is 0 Å². The normalized spacial score (nSPS) is 18.6. The molecule has 2 aliphatic heterocycles. The molecule has 3 aromatic rings. The van der Waals surface area contributed by atoms with E-state index in [1.807, 2.05) is 36.4 Å². The molecule has 36 heavy (non-hydrogen) atoms. The van der Waals surface area contributed by atoms with Gasteiger partial charge in [-0.05, 0) is 48.2 Å². The van der Waals surface area contributed by atoms with Crippen LogP contribution >= 0.6 is 0 Å². The zero-order valence-electron chi connectivity index (χ0n) is 20.1. The van der Waals surface area contributed by atoms with Crippen LogP contribution in [0.4, 0.5) is 0 Å². The number of piperazine rings is 1. The Kier molecular flexibility index (Phi) is 7.28. The fraction of sp³-hybridized carbons (Fsp3) is 0.333. The number of hydrogen-bond acceptors (Lipinski definition) is 5. The maximum Gasteiger partial charge on any atom is 0.243 e. The van der Waals surface area contributed by atoms with Gasteiger partial charge in [-0.2, -0.15) is 8.61 Å². The number of sulfonamides is 2. The zero-order chi connectivity index (χ0) is 25.2. The van der Waals surface area contributed by atoms with E-state index in [2.05, 4.69) is 29.2 Å². The van der Waals surface area contributed by atoms with E-state index in [-0.39, 0.29) is 15.8 Å². The molecule has 5 rings (SSSR count). The van der Waals surface area contributed by atoms with Crippen LogP contribution in [0.2, 0.25) is 0 Å². The summed E-state index contributed by atoms with van der Waals surface area (Å²) in [5.74, 6) is 0. The molecule has 190 valence electrons. The van der Waals surface area contributed by atoms with E-state index in [0.717, 1.165) is 12.8 Å². The summed E-state index contributed by atoms with van der Waals surface area (Å²) in [5.41, 5.74) is 2.35. The molecule has 2 heterocycles. The molecule has 0 spiro atoms. The minimum Gasteiger partial charge on any atom is -0.290 e. The summed E-state index contributed by atoms with van der Waals surface area (Å²) in [6, 6.07) is 26.3. The first-order valence-corrected chi connectivity index (χ1v) is 15.2. The Hall–Kier alpha value is -2.56. The molecule has 0 radical (unpaired) electrons. The second-order valence-electron chi connectivity index (χ2n) is 9.25. The minimum absolute atomic E-state index is 0.0485. The highest BCUT2D eigenvalue weighted by atomic mass is 32.2. The predicted molar refractivity (Wildman–Crippen MR) is 139 cm³/mol. The lowest BCUT2D eigenvalue weighted by molar-refractivity contribution is 0.156. The highest BCUT2D eigenvalue weighted by Crippen LogP contribution is 2.31. The molecule has 0 amide bonds. The van der Waals surface area contributed by atoms with Gasteiger partial charge in [-0.1, -0.05) is 60.7 Å². The third-order valence-corrected chi connectivity index (χ3v) is 10.9. The van der Waals surface area contributed by atoms with E-state index in [4.69, 9.17) is 0 Å². The smallest absolute Gasteiger partial charge is 0.243 e. The van der Waals surface area contributed by atoms with Gasteiger partial charge in [-0.25, -0.2) is 16.8 Å². The Morgan fingerprint density at radius 2 is 0.889 bits per heavy atom. The average Bonchev–Trinajstić information content (AvgIpc) is 3.47. The van der Waals surface area contributed by atoms with Crippen LogP contribution in [0.25, 0.3) is 0 Å². The quantitative estimate of drug-likeness (QED) is 0.471. The average molecular weight is 526 g/mol. The number of nitrogens with zero attached hydrogens (tertiary/aromatic N) is 3. The van der Waals surface area contributed by atoms with Crippen molar-refractivity contribution in [1.29, 1.82) is 0 Å². The van der Waals surface area contributed by atoms with Gasteiger partial charge in [0.25, 0.3) is 0 Å². The van der Waals surface area contributed by atoms with E-state index in [9.17, 15) is 16.8 Å². The van der Waals surface area contributed by atoms with Crippen LogP contribution in [0.15, 0.2) is 94.7 Å². The van der Waals surface area contributed by atoms with Crippen molar-refractivity contribution in [3.8, 4) is 0 Å². The van der Waals surface area contributed by atoms with Crippen molar-refractivity contribution >= 4 is 20.0 Å². The molecule has 0 N–H and O–H groups in total. The maximum absolute atomic E-state index is 13.4. The molecular weight excluding hydrogens is 494 g/mol. The molecule has 2 saturated heterocycles. The van der Waals surface area contributed by atoms with Crippen molar-refractivity contribution in [2.24, 2.45) is 0 Å². The van der Waals surface area contributed by atoms with Crippen LogP contribution in [-0.2, 0) is 20.0 Å². The molecule has 3 aromatic carbocycles. The van der Waals surface area contributed by atoms with Gasteiger partial charge in [0.2, 0.25) is 20.0 Å². The summed E-state index contributed by atoms with van der Waals surface area (Å²) in [4.78, 5) is 2.59. The fourth-order valence-electron chi connectivity index (χ4n) is 5.10. The zero-order valence-corrected chi connectivity index (χ0v) is 21.7. The van der Waals surface area contributed by atoms with Gasteiger partial charge in [-0.3, -0.25) is 4.90 Å². The SMILES string of the molecule is O=S(=O)(c1ccc(S(=O)(=O)N2CCN(C(c3ccccc3)c3ccccc3)CC2)cc1)N1CCCC1. The Balaban J connectivity index is 1.31. The molecular formula is C27H31N3O4S2. The molecule has 0 saturated carbocycles. The second-order valence-corrected chi connectivity index (χ2v) is 13.1. The largest absolute Gasteiger partial charge is 0.290 e. The number of rotatable bonds is 7. The Morgan fingerprint density at radius 3 is 1.31 bits per heavy atom. The summed E-state index contributed by atoms with van der Waals surface area (Å²) in [6.07, 6.45) is 1.71. The van der Waals surface area contributed by atoms with Gasteiger partial charge >= 0.3 is 0 Å². The van der Waals surface area contributed by atoms with Gasteiger partial charge in [0.05, 0.1) is 15.8 Å². The third kappa shape index (κ3) is 4.99. The molecule has 0 aliphatic carbocycles. The van der Waals surface area contributed by atoms with Crippen LogP contribution in [-0.4, -0.2) is 69.6 Å². The van der Waals surface area contributed by atoms with Crippen molar-refractivity contribution in [3.05, 3.63) is 96.1 Å². The first-order chi connectivity index (χ1) is 17.4. The Bertz CT molecular complexity index is 1330. The van der Waals surface area contributed by atoms with Crippen molar-refractivity contribution in [1.82, 2.24) is 13.5 Å². The summed E-state index contributed by atoms with van der Waals surface area (Å²) in [5, 5.41) is 0. The van der Waals surface area contributed by atoms with Crippen molar-refractivity contribution < 1.29 is 16.8 Å². The van der Waals surface area contributed by atoms with E-state index in [1.165, 1.54) is 44.0 Å². The Morgan fingerprint density at radius 1 is 0.500 bits per heavy atom. The monoisotopic (exact) mass is 525 g/mol. The third-order valence-electron chi connectivity index (χ3n) is 7.03. The number of hydrogen-bond donors (Lipinski definition) is 0. The lowest BCUT2D eigenvalue weighted by atomic mass is 9.96. The molecule has 9 heteroatoms. The summed E-state index contributed by atoms with van der Waals surface area (Å²) < 4.78 is 55.3. The van der Waals surface area contributed by atoms with Gasteiger partial charge in [0, 0.05) is 39.3 Å². The van der Waals surface area contributed by atoms with Crippen LogP contribution in [0.3, 0.4) is 0 Å². The summed E-state index contributed by atoms with van der Waals surface area (Å²) in [7, 11) is -7.30. The topological polar surface area (TPSA) is 78.0 Å². The van der Waals surface area contributed by atoms with Gasteiger partial charge in [0.15, 0.2) is 0 Å². The van der Waals surface area contributed by atoms with E-state index >= 15 is 0 Å². The second kappa shape index (κ2) is 10.4. The lowest BCUT2D eigenvalue weighted by Gasteiger charge is -2.39. The molecule has 0 atom stereocenters. The fourth-order valence-corrected chi connectivity index (χ4v) is 8.04. The van der Waals surface area contributed by atoms with Crippen molar-refractivity contribution in [2.45, 2.75) is 28.7 Å².